The largest absolute Gasteiger partial charge is 0.469 e. The molecule has 0 bridgehead atoms. The van der Waals surface area contributed by atoms with Gasteiger partial charge in [-0.15, -0.1) is 0 Å². The SMILES string of the molecule is CC(=O)C(c1ccco1)C(C(C)=O)c1ccco1. The van der Waals surface area contributed by atoms with Crippen LogP contribution in [0.1, 0.15) is 37.2 Å². The van der Waals surface area contributed by atoms with E-state index in [1.807, 2.05) is 0 Å². The Balaban J connectivity index is 2.45. The minimum atomic E-state index is -0.636. The molecular formula is C14H14O4. The van der Waals surface area contributed by atoms with Gasteiger partial charge in [0.05, 0.1) is 24.4 Å². The fourth-order valence-corrected chi connectivity index (χ4v) is 2.14. The quantitative estimate of drug-likeness (QED) is 0.813. The van der Waals surface area contributed by atoms with Crippen molar-refractivity contribution in [2.24, 2.45) is 0 Å². The first-order valence-corrected chi connectivity index (χ1v) is 5.69. The van der Waals surface area contributed by atoms with Crippen LogP contribution >= 0.6 is 0 Å². The fraction of sp³-hybridized carbons (Fsp3) is 0.286. The highest BCUT2D eigenvalue weighted by Crippen LogP contribution is 2.35. The van der Waals surface area contributed by atoms with E-state index in [0.29, 0.717) is 11.5 Å². The zero-order valence-electron chi connectivity index (χ0n) is 10.3. The highest BCUT2D eigenvalue weighted by molar-refractivity contribution is 5.93. The number of rotatable bonds is 5. The number of furan rings is 2. The monoisotopic (exact) mass is 246 g/mol. The summed E-state index contributed by atoms with van der Waals surface area (Å²) in [5.74, 6) is -0.548. The van der Waals surface area contributed by atoms with Gasteiger partial charge < -0.3 is 8.83 Å². The van der Waals surface area contributed by atoms with E-state index in [4.69, 9.17) is 8.83 Å². The molecule has 0 aromatic carbocycles. The Morgan fingerprint density at radius 3 is 1.50 bits per heavy atom. The van der Waals surface area contributed by atoms with Crippen molar-refractivity contribution in [3.63, 3.8) is 0 Å². The fourth-order valence-electron chi connectivity index (χ4n) is 2.14. The standard InChI is InChI=1S/C14H14O4/c1-9(15)13(11-5-3-7-17-11)14(10(2)16)12-6-4-8-18-12/h3-8,13-14H,1-2H3. The van der Waals surface area contributed by atoms with Crippen LogP contribution in [0.15, 0.2) is 45.6 Å². The zero-order valence-corrected chi connectivity index (χ0v) is 10.3. The summed E-state index contributed by atoms with van der Waals surface area (Å²) in [6, 6.07) is 6.80. The maximum atomic E-state index is 11.8. The average Bonchev–Trinajstić information content (AvgIpc) is 2.97. The third-order valence-electron chi connectivity index (χ3n) is 2.91. The van der Waals surface area contributed by atoms with Crippen LogP contribution in [0.4, 0.5) is 0 Å². The summed E-state index contributed by atoms with van der Waals surface area (Å²) in [5, 5.41) is 0. The van der Waals surface area contributed by atoms with E-state index in [1.165, 1.54) is 26.4 Å². The van der Waals surface area contributed by atoms with Crippen LogP contribution in [0.2, 0.25) is 0 Å². The summed E-state index contributed by atoms with van der Waals surface area (Å²) in [6.07, 6.45) is 2.98. The summed E-state index contributed by atoms with van der Waals surface area (Å²) < 4.78 is 10.5. The van der Waals surface area contributed by atoms with E-state index in [0.717, 1.165) is 0 Å². The molecule has 0 aliphatic rings. The summed E-state index contributed by atoms with van der Waals surface area (Å²) in [5.41, 5.74) is 0. The van der Waals surface area contributed by atoms with Gasteiger partial charge in [0.2, 0.25) is 0 Å². The first kappa shape index (κ1) is 12.4. The number of hydrogen-bond donors (Lipinski definition) is 0. The van der Waals surface area contributed by atoms with Gasteiger partial charge in [0.25, 0.3) is 0 Å². The smallest absolute Gasteiger partial charge is 0.141 e. The highest BCUT2D eigenvalue weighted by Gasteiger charge is 2.35. The van der Waals surface area contributed by atoms with E-state index in [-0.39, 0.29) is 11.6 Å². The summed E-state index contributed by atoms with van der Waals surface area (Å²) in [7, 11) is 0. The second kappa shape index (κ2) is 5.04. The first-order chi connectivity index (χ1) is 8.61. The normalized spacial score (nSPS) is 14.1. The van der Waals surface area contributed by atoms with Crippen LogP contribution in [-0.4, -0.2) is 11.6 Å². The van der Waals surface area contributed by atoms with Crippen molar-refractivity contribution < 1.29 is 18.4 Å². The van der Waals surface area contributed by atoms with Gasteiger partial charge in [0.15, 0.2) is 0 Å². The van der Waals surface area contributed by atoms with Gasteiger partial charge in [-0.05, 0) is 38.1 Å². The Hall–Kier alpha value is -2.10. The number of ketones is 2. The molecule has 0 N–H and O–H groups in total. The van der Waals surface area contributed by atoms with Gasteiger partial charge >= 0.3 is 0 Å². The molecule has 18 heavy (non-hydrogen) atoms. The zero-order chi connectivity index (χ0) is 13.1. The van der Waals surface area contributed by atoms with Gasteiger partial charge in [-0.3, -0.25) is 9.59 Å². The van der Waals surface area contributed by atoms with E-state index in [9.17, 15) is 9.59 Å². The van der Waals surface area contributed by atoms with Crippen molar-refractivity contribution in [2.75, 3.05) is 0 Å². The maximum absolute atomic E-state index is 11.8. The highest BCUT2D eigenvalue weighted by atomic mass is 16.3. The lowest BCUT2D eigenvalue weighted by molar-refractivity contribution is -0.125. The van der Waals surface area contributed by atoms with Crippen molar-refractivity contribution in [3.05, 3.63) is 48.3 Å². The van der Waals surface area contributed by atoms with E-state index in [1.54, 1.807) is 24.3 Å². The minimum Gasteiger partial charge on any atom is -0.469 e. The predicted octanol–water partition coefficient (Wildman–Crippen LogP) is 2.92. The van der Waals surface area contributed by atoms with E-state index in [2.05, 4.69) is 0 Å². The van der Waals surface area contributed by atoms with Gasteiger partial charge in [-0.25, -0.2) is 0 Å². The maximum Gasteiger partial charge on any atom is 0.141 e. The molecule has 0 radical (unpaired) electrons. The van der Waals surface area contributed by atoms with Crippen LogP contribution < -0.4 is 0 Å². The van der Waals surface area contributed by atoms with Gasteiger partial charge in [-0.1, -0.05) is 0 Å². The number of hydrogen-bond acceptors (Lipinski definition) is 4. The molecule has 4 heteroatoms. The van der Waals surface area contributed by atoms with Crippen molar-refractivity contribution in [2.45, 2.75) is 25.7 Å². The van der Waals surface area contributed by atoms with Crippen molar-refractivity contribution >= 4 is 11.6 Å². The van der Waals surface area contributed by atoms with E-state index < -0.39 is 11.8 Å². The molecule has 2 unspecified atom stereocenters. The Bertz CT molecular complexity index is 472. The molecule has 94 valence electrons. The Labute approximate surface area is 105 Å². The summed E-state index contributed by atoms with van der Waals surface area (Å²) >= 11 is 0. The van der Waals surface area contributed by atoms with Crippen LogP contribution in [0.5, 0.6) is 0 Å². The number of Topliss-reactive ketones (excluding diaryl/α,β-unsaturated/α-hetero) is 2. The molecule has 2 aromatic rings. The van der Waals surface area contributed by atoms with Crippen molar-refractivity contribution in [1.82, 2.24) is 0 Å². The topological polar surface area (TPSA) is 60.4 Å². The predicted molar refractivity (Wildman–Crippen MR) is 64.3 cm³/mol. The van der Waals surface area contributed by atoms with Gasteiger partial charge in [0.1, 0.15) is 23.1 Å². The molecule has 2 aromatic heterocycles. The molecule has 4 nitrogen and oxygen atoms in total. The molecular weight excluding hydrogens is 232 g/mol. The Morgan fingerprint density at radius 2 is 1.28 bits per heavy atom. The molecule has 0 spiro atoms. The van der Waals surface area contributed by atoms with Crippen molar-refractivity contribution in [3.8, 4) is 0 Å². The van der Waals surface area contributed by atoms with Crippen LogP contribution in [0.3, 0.4) is 0 Å². The Morgan fingerprint density at radius 1 is 0.889 bits per heavy atom. The third kappa shape index (κ3) is 2.27. The van der Waals surface area contributed by atoms with E-state index >= 15 is 0 Å². The van der Waals surface area contributed by atoms with Crippen LogP contribution in [-0.2, 0) is 9.59 Å². The molecule has 0 saturated heterocycles. The third-order valence-corrected chi connectivity index (χ3v) is 2.91. The lowest BCUT2D eigenvalue weighted by atomic mass is 9.83. The second-order valence-corrected chi connectivity index (χ2v) is 4.21. The lowest BCUT2D eigenvalue weighted by Gasteiger charge is -2.19. The van der Waals surface area contributed by atoms with Crippen LogP contribution in [0.25, 0.3) is 0 Å². The van der Waals surface area contributed by atoms with Gasteiger partial charge in [0, 0.05) is 0 Å². The van der Waals surface area contributed by atoms with Gasteiger partial charge in [-0.2, -0.15) is 0 Å². The molecule has 0 amide bonds. The molecule has 0 fully saturated rings. The van der Waals surface area contributed by atoms with Crippen LogP contribution in [0, 0.1) is 0 Å². The molecule has 2 atom stereocenters. The number of carbonyl (C=O) groups is 2. The molecule has 0 aliphatic heterocycles. The second-order valence-electron chi connectivity index (χ2n) is 4.21. The van der Waals surface area contributed by atoms with Crippen molar-refractivity contribution in [1.29, 1.82) is 0 Å². The Kier molecular flexibility index (Phi) is 3.46. The lowest BCUT2D eigenvalue weighted by Crippen LogP contribution is -2.23. The molecule has 0 saturated carbocycles. The summed E-state index contributed by atoms with van der Waals surface area (Å²) in [4.78, 5) is 23.7. The first-order valence-electron chi connectivity index (χ1n) is 5.69. The average molecular weight is 246 g/mol. The summed E-state index contributed by atoms with van der Waals surface area (Å²) in [6.45, 7) is 2.90. The minimum absolute atomic E-state index is 0.124. The molecule has 2 rings (SSSR count). The number of carbonyl (C=O) groups excluding carboxylic acids is 2. The molecule has 0 aliphatic carbocycles. The molecule has 2 heterocycles.